The number of aryl methyl sites for hydroxylation is 1. The van der Waals surface area contributed by atoms with Crippen LogP contribution < -0.4 is 10.1 Å². The standard InChI is InChI=1S/C16H17N3O2/c1-9(2)18-16(20)21-11-4-5-12-13-6-7-17-10(3)15(13)19-14(12)8-11/h4-9,19H,1-3H3,(H,18,20). The van der Waals surface area contributed by atoms with E-state index in [1.54, 1.807) is 12.3 Å². The Morgan fingerprint density at radius 2 is 2.10 bits per heavy atom. The molecule has 1 amide bonds. The Balaban J connectivity index is 1.99. The molecule has 1 aromatic carbocycles. The zero-order chi connectivity index (χ0) is 15.0. The largest absolute Gasteiger partial charge is 0.412 e. The SMILES string of the molecule is Cc1nccc2c1[nH]c1cc(OC(=O)NC(C)C)ccc12. The summed E-state index contributed by atoms with van der Waals surface area (Å²) in [6.45, 7) is 5.74. The second-order valence-electron chi connectivity index (χ2n) is 5.34. The van der Waals surface area contributed by atoms with Gasteiger partial charge in [-0.05, 0) is 39.0 Å². The quantitative estimate of drug-likeness (QED) is 0.756. The predicted molar refractivity (Wildman–Crippen MR) is 82.6 cm³/mol. The van der Waals surface area contributed by atoms with E-state index < -0.39 is 6.09 Å². The molecule has 2 heterocycles. The summed E-state index contributed by atoms with van der Waals surface area (Å²) < 4.78 is 5.27. The van der Waals surface area contributed by atoms with Crippen molar-refractivity contribution in [2.75, 3.05) is 0 Å². The number of aromatic amines is 1. The first kappa shape index (κ1) is 13.4. The number of nitrogens with zero attached hydrogens (tertiary/aromatic N) is 1. The van der Waals surface area contributed by atoms with E-state index in [0.717, 1.165) is 27.5 Å². The Kier molecular flexibility index (Phi) is 3.25. The molecule has 108 valence electrons. The molecule has 3 rings (SSSR count). The van der Waals surface area contributed by atoms with E-state index in [1.165, 1.54) is 0 Å². The summed E-state index contributed by atoms with van der Waals surface area (Å²) >= 11 is 0. The molecule has 5 nitrogen and oxygen atoms in total. The first-order chi connectivity index (χ1) is 10.0. The highest BCUT2D eigenvalue weighted by molar-refractivity contribution is 6.08. The zero-order valence-electron chi connectivity index (χ0n) is 12.2. The summed E-state index contributed by atoms with van der Waals surface area (Å²) in [7, 11) is 0. The third kappa shape index (κ3) is 2.54. The molecule has 2 aromatic heterocycles. The van der Waals surface area contributed by atoms with Gasteiger partial charge in [0.1, 0.15) is 5.75 Å². The molecular formula is C16H17N3O2. The number of nitrogens with one attached hydrogen (secondary N) is 2. The minimum atomic E-state index is -0.446. The van der Waals surface area contributed by atoms with Crippen LogP contribution in [0.2, 0.25) is 0 Å². The van der Waals surface area contributed by atoms with Gasteiger partial charge in [0.2, 0.25) is 0 Å². The molecular weight excluding hydrogens is 266 g/mol. The number of rotatable bonds is 2. The molecule has 0 saturated heterocycles. The van der Waals surface area contributed by atoms with E-state index >= 15 is 0 Å². The number of carbonyl (C=O) groups is 1. The molecule has 0 spiro atoms. The number of pyridine rings is 1. The molecule has 0 saturated carbocycles. The fourth-order valence-corrected chi connectivity index (χ4v) is 2.38. The Bertz CT molecular complexity index is 821. The molecule has 0 aliphatic rings. The number of ether oxygens (including phenoxy) is 1. The van der Waals surface area contributed by atoms with Crippen LogP contribution >= 0.6 is 0 Å². The third-order valence-corrected chi connectivity index (χ3v) is 3.30. The van der Waals surface area contributed by atoms with Crippen LogP contribution in [0.5, 0.6) is 5.75 Å². The van der Waals surface area contributed by atoms with E-state index in [1.807, 2.05) is 39.0 Å². The number of benzene rings is 1. The number of fused-ring (bicyclic) bond motifs is 3. The van der Waals surface area contributed by atoms with E-state index in [0.29, 0.717) is 5.75 Å². The van der Waals surface area contributed by atoms with Crippen LogP contribution in [0.15, 0.2) is 30.5 Å². The number of H-pyrrole nitrogens is 1. The molecule has 0 aliphatic heterocycles. The highest BCUT2D eigenvalue weighted by atomic mass is 16.6. The molecule has 0 unspecified atom stereocenters. The Morgan fingerprint density at radius 3 is 2.86 bits per heavy atom. The van der Waals surface area contributed by atoms with Crippen LogP contribution in [0, 0.1) is 6.92 Å². The summed E-state index contributed by atoms with van der Waals surface area (Å²) in [6.07, 6.45) is 1.35. The molecule has 0 fully saturated rings. The second-order valence-corrected chi connectivity index (χ2v) is 5.34. The molecule has 0 radical (unpaired) electrons. The van der Waals surface area contributed by atoms with Crippen molar-refractivity contribution in [3.8, 4) is 5.75 Å². The Hall–Kier alpha value is -2.56. The maximum absolute atomic E-state index is 11.6. The lowest BCUT2D eigenvalue weighted by molar-refractivity contribution is 0.198. The highest BCUT2D eigenvalue weighted by Crippen LogP contribution is 2.29. The minimum Gasteiger partial charge on any atom is -0.410 e. The second kappa shape index (κ2) is 5.09. The van der Waals surface area contributed by atoms with Crippen LogP contribution in [-0.2, 0) is 0 Å². The minimum absolute atomic E-state index is 0.0445. The number of aromatic nitrogens is 2. The van der Waals surface area contributed by atoms with Gasteiger partial charge < -0.3 is 15.0 Å². The topological polar surface area (TPSA) is 67.0 Å². The lowest BCUT2D eigenvalue weighted by Gasteiger charge is -2.08. The van der Waals surface area contributed by atoms with Crippen molar-refractivity contribution in [2.24, 2.45) is 0 Å². The zero-order valence-corrected chi connectivity index (χ0v) is 12.2. The average Bonchev–Trinajstić information content (AvgIpc) is 2.77. The first-order valence-corrected chi connectivity index (χ1v) is 6.90. The van der Waals surface area contributed by atoms with Gasteiger partial charge >= 0.3 is 6.09 Å². The van der Waals surface area contributed by atoms with Gasteiger partial charge in [-0.1, -0.05) is 0 Å². The van der Waals surface area contributed by atoms with Crippen molar-refractivity contribution in [1.29, 1.82) is 0 Å². The predicted octanol–water partition coefficient (Wildman–Crippen LogP) is 3.52. The van der Waals surface area contributed by atoms with Crippen molar-refractivity contribution >= 4 is 27.9 Å². The van der Waals surface area contributed by atoms with Crippen molar-refractivity contribution in [3.05, 3.63) is 36.2 Å². The molecule has 5 heteroatoms. The molecule has 0 bridgehead atoms. The normalized spacial score (nSPS) is 11.2. The molecule has 0 atom stereocenters. The van der Waals surface area contributed by atoms with Crippen LogP contribution in [0.1, 0.15) is 19.5 Å². The fourth-order valence-electron chi connectivity index (χ4n) is 2.38. The summed E-state index contributed by atoms with van der Waals surface area (Å²) in [5.41, 5.74) is 2.89. The Labute approximate surface area is 122 Å². The maximum atomic E-state index is 11.6. The first-order valence-electron chi connectivity index (χ1n) is 6.90. The monoisotopic (exact) mass is 283 g/mol. The van der Waals surface area contributed by atoms with Gasteiger partial charge in [0.25, 0.3) is 0 Å². The third-order valence-electron chi connectivity index (χ3n) is 3.30. The number of carbonyl (C=O) groups excluding carboxylic acids is 1. The van der Waals surface area contributed by atoms with Gasteiger partial charge in [0.15, 0.2) is 0 Å². The summed E-state index contributed by atoms with van der Waals surface area (Å²) in [5.74, 6) is 0.512. The van der Waals surface area contributed by atoms with Gasteiger partial charge in [-0.3, -0.25) is 4.98 Å². The number of hydrogen-bond acceptors (Lipinski definition) is 3. The Morgan fingerprint density at radius 1 is 1.29 bits per heavy atom. The summed E-state index contributed by atoms with van der Waals surface area (Å²) in [5, 5.41) is 4.90. The highest BCUT2D eigenvalue weighted by Gasteiger charge is 2.10. The van der Waals surface area contributed by atoms with Crippen molar-refractivity contribution < 1.29 is 9.53 Å². The van der Waals surface area contributed by atoms with Gasteiger partial charge in [0, 0.05) is 29.1 Å². The molecule has 3 aromatic rings. The average molecular weight is 283 g/mol. The summed E-state index contributed by atoms with van der Waals surface area (Å²) in [6, 6.07) is 7.60. The lowest BCUT2D eigenvalue weighted by atomic mass is 10.1. The van der Waals surface area contributed by atoms with Gasteiger partial charge in [-0.25, -0.2) is 4.79 Å². The number of hydrogen-bond donors (Lipinski definition) is 2. The van der Waals surface area contributed by atoms with Crippen molar-refractivity contribution in [3.63, 3.8) is 0 Å². The summed E-state index contributed by atoms with van der Waals surface area (Å²) in [4.78, 5) is 19.2. The van der Waals surface area contributed by atoms with Gasteiger partial charge in [-0.15, -0.1) is 0 Å². The van der Waals surface area contributed by atoms with Crippen LogP contribution in [0.25, 0.3) is 21.8 Å². The van der Waals surface area contributed by atoms with Crippen molar-refractivity contribution in [2.45, 2.75) is 26.8 Å². The van der Waals surface area contributed by atoms with E-state index in [9.17, 15) is 4.79 Å². The fraction of sp³-hybridized carbons (Fsp3) is 0.250. The molecule has 2 N–H and O–H groups in total. The number of amides is 1. The van der Waals surface area contributed by atoms with E-state index in [2.05, 4.69) is 15.3 Å². The smallest absolute Gasteiger partial charge is 0.410 e. The van der Waals surface area contributed by atoms with Crippen LogP contribution in [-0.4, -0.2) is 22.1 Å². The van der Waals surface area contributed by atoms with E-state index in [4.69, 9.17) is 4.74 Å². The molecule has 0 aliphatic carbocycles. The molecule has 21 heavy (non-hydrogen) atoms. The lowest BCUT2D eigenvalue weighted by Crippen LogP contribution is -2.32. The van der Waals surface area contributed by atoms with Crippen molar-refractivity contribution in [1.82, 2.24) is 15.3 Å². The maximum Gasteiger partial charge on any atom is 0.412 e. The van der Waals surface area contributed by atoms with Gasteiger partial charge in [-0.2, -0.15) is 0 Å². The van der Waals surface area contributed by atoms with Crippen LogP contribution in [0.4, 0.5) is 4.79 Å². The van der Waals surface area contributed by atoms with Gasteiger partial charge in [0.05, 0.1) is 16.7 Å². The van der Waals surface area contributed by atoms with Crippen LogP contribution in [0.3, 0.4) is 0 Å². The van der Waals surface area contributed by atoms with E-state index in [-0.39, 0.29) is 6.04 Å².